The van der Waals surface area contributed by atoms with Crippen molar-refractivity contribution in [3.63, 3.8) is 0 Å². The first-order valence-corrected chi connectivity index (χ1v) is 20.0. The molecular weight excluding hydrogens is 735 g/mol. The first kappa shape index (κ1) is 33.9. The Morgan fingerprint density at radius 1 is 0.383 bits per heavy atom. The topological polar surface area (TPSA) is 69.6 Å². The molecule has 0 N–H and O–H groups in total. The van der Waals surface area contributed by atoms with Crippen LogP contribution >= 0.6 is 0 Å². The summed E-state index contributed by atoms with van der Waals surface area (Å²) in [6.45, 7) is 0. The molecular formula is C54H33N5O. The van der Waals surface area contributed by atoms with Gasteiger partial charge in [0.1, 0.15) is 5.58 Å². The Bertz CT molecular complexity index is 3610. The molecule has 0 amide bonds. The maximum atomic E-state index is 6.24. The first-order chi connectivity index (χ1) is 29.7. The Labute approximate surface area is 344 Å². The summed E-state index contributed by atoms with van der Waals surface area (Å²) < 4.78 is 8.59. The van der Waals surface area contributed by atoms with Crippen LogP contribution in [0.15, 0.2) is 205 Å². The second-order valence-corrected chi connectivity index (χ2v) is 15.1. The fourth-order valence-corrected chi connectivity index (χ4v) is 8.75. The molecule has 0 radical (unpaired) electrons. The van der Waals surface area contributed by atoms with Gasteiger partial charge in [0.2, 0.25) is 5.71 Å². The maximum Gasteiger partial charge on any atom is 0.227 e. The van der Waals surface area contributed by atoms with Crippen LogP contribution in [0.4, 0.5) is 0 Å². The van der Waals surface area contributed by atoms with Crippen molar-refractivity contribution in [2.45, 2.75) is 0 Å². The fourth-order valence-electron chi connectivity index (χ4n) is 8.75. The van der Waals surface area contributed by atoms with Gasteiger partial charge in [-0.25, -0.2) is 19.9 Å². The SMILES string of the molecule is c1ccc(-c2cc(-c3nc(-c4cccc(-n5c6ccccc6c6c(-c7ccccc7)cccc65)c4)nc(-c4ccc5c(c4)oc4ncccc45)n3)cc3ccccc23)cc1. The molecule has 6 heteroatoms. The van der Waals surface area contributed by atoms with Gasteiger partial charge in [-0.1, -0.05) is 133 Å². The van der Waals surface area contributed by atoms with Crippen molar-refractivity contribution in [1.82, 2.24) is 24.5 Å². The standard InChI is InChI=1S/C54H33N5O/c1-3-14-34(15-4-1)42-23-12-26-48-50(42)45-22-9-10-25-47(45)59(48)40-20-11-19-37(31-40)51-56-52(38-27-28-43-44-24-13-29-55-54(44)60-49(43)33-38)58-53(57-51)39-30-36-18-7-8-21-41(36)46(32-39)35-16-5-2-6-17-35/h1-33H. The molecule has 0 unspecified atom stereocenters. The van der Waals surface area contributed by atoms with Gasteiger partial charge in [-0.2, -0.15) is 0 Å². The monoisotopic (exact) mass is 767 g/mol. The van der Waals surface area contributed by atoms with Crippen molar-refractivity contribution < 1.29 is 4.42 Å². The minimum Gasteiger partial charge on any atom is -0.438 e. The Balaban J connectivity index is 1.07. The third kappa shape index (κ3) is 5.57. The minimum absolute atomic E-state index is 0.550. The summed E-state index contributed by atoms with van der Waals surface area (Å²) in [7, 11) is 0. The van der Waals surface area contributed by atoms with Crippen molar-refractivity contribution in [2.24, 2.45) is 0 Å². The van der Waals surface area contributed by atoms with Gasteiger partial charge in [0, 0.05) is 50.1 Å². The molecule has 280 valence electrons. The number of furan rings is 1. The van der Waals surface area contributed by atoms with Gasteiger partial charge < -0.3 is 8.98 Å². The van der Waals surface area contributed by atoms with E-state index in [1.165, 1.54) is 27.3 Å². The number of hydrogen-bond donors (Lipinski definition) is 0. The highest BCUT2D eigenvalue weighted by atomic mass is 16.3. The second-order valence-electron chi connectivity index (χ2n) is 15.1. The Kier molecular flexibility index (Phi) is 7.74. The molecule has 0 spiro atoms. The molecule has 6 nitrogen and oxygen atoms in total. The number of rotatable bonds is 6. The summed E-state index contributed by atoms with van der Waals surface area (Å²) in [6.07, 6.45) is 1.75. The fraction of sp³-hybridized carbons (Fsp3) is 0. The molecule has 0 fully saturated rings. The van der Waals surface area contributed by atoms with E-state index in [-0.39, 0.29) is 0 Å². The molecule has 8 aromatic carbocycles. The van der Waals surface area contributed by atoms with Gasteiger partial charge in [0.05, 0.1) is 11.0 Å². The quantitative estimate of drug-likeness (QED) is 0.168. The van der Waals surface area contributed by atoms with Crippen LogP contribution in [0.1, 0.15) is 0 Å². The van der Waals surface area contributed by atoms with Gasteiger partial charge in [-0.3, -0.25) is 0 Å². The third-order valence-corrected chi connectivity index (χ3v) is 11.5. The van der Waals surface area contributed by atoms with E-state index < -0.39 is 0 Å². The summed E-state index contributed by atoms with van der Waals surface area (Å²) in [4.78, 5) is 20.2. The lowest BCUT2D eigenvalue weighted by Gasteiger charge is -2.13. The van der Waals surface area contributed by atoms with Crippen LogP contribution < -0.4 is 0 Å². The van der Waals surface area contributed by atoms with E-state index in [0.29, 0.717) is 23.2 Å². The predicted octanol–water partition coefficient (Wildman–Crippen LogP) is 13.8. The molecule has 0 aliphatic heterocycles. The van der Waals surface area contributed by atoms with E-state index in [4.69, 9.17) is 19.4 Å². The second kappa shape index (κ2) is 13.7. The van der Waals surface area contributed by atoms with E-state index in [9.17, 15) is 0 Å². The zero-order chi connectivity index (χ0) is 39.6. The van der Waals surface area contributed by atoms with Gasteiger partial charge in [-0.15, -0.1) is 0 Å². The largest absolute Gasteiger partial charge is 0.438 e. The van der Waals surface area contributed by atoms with Crippen molar-refractivity contribution in [3.05, 3.63) is 200 Å². The van der Waals surface area contributed by atoms with E-state index >= 15 is 0 Å². The zero-order valence-electron chi connectivity index (χ0n) is 32.2. The smallest absolute Gasteiger partial charge is 0.227 e. The summed E-state index contributed by atoms with van der Waals surface area (Å²) >= 11 is 0. The lowest BCUT2D eigenvalue weighted by atomic mass is 9.95. The van der Waals surface area contributed by atoms with E-state index in [0.717, 1.165) is 66.3 Å². The highest BCUT2D eigenvalue weighted by molar-refractivity contribution is 6.16. The molecule has 0 saturated heterocycles. The normalized spacial score (nSPS) is 11.7. The number of benzene rings is 8. The first-order valence-electron chi connectivity index (χ1n) is 20.0. The molecule has 12 aromatic rings. The molecule has 4 heterocycles. The highest BCUT2D eigenvalue weighted by Crippen LogP contribution is 2.40. The molecule has 0 bridgehead atoms. The van der Waals surface area contributed by atoms with Crippen molar-refractivity contribution in [2.75, 3.05) is 0 Å². The van der Waals surface area contributed by atoms with Crippen molar-refractivity contribution in [3.8, 4) is 62.1 Å². The predicted molar refractivity (Wildman–Crippen MR) is 244 cm³/mol. The molecule has 60 heavy (non-hydrogen) atoms. The summed E-state index contributed by atoms with van der Waals surface area (Å²) in [5.41, 5.74) is 11.8. The molecule has 0 aliphatic carbocycles. The number of pyridine rings is 1. The van der Waals surface area contributed by atoms with E-state index in [1.807, 2.05) is 24.3 Å². The van der Waals surface area contributed by atoms with E-state index in [1.54, 1.807) is 6.20 Å². The lowest BCUT2D eigenvalue weighted by molar-refractivity contribution is 0.654. The van der Waals surface area contributed by atoms with Gasteiger partial charge in [-0.05, 0) is 93.7 Å². The average Bonchev–Trinajstić information content (AvgIpc) is 3.87. The van der Waals surface area contributed by atoms with Crippen LogP contribution in [0.3, 0.4) is 0 Å². The van der Waals surface area contributed by atoms with Gasteiger partial charge in [0.15, 0.2) is 17.5 Å². The van der Waals surface area contributed by atoms with E-state index in [2.05, 4.69) is 179 Å². The van der Waals surface area contributed by atoms with Crippen LogP contribution in [-0.2, 0) is 0 Å². The van der Waals surface area contributed by atoms with Crippen LogP contribution in [0.2, 0.25) is 0 Å². The molecule has 0 atom stereocenters. The summed E-state index contributed by atoms with van der Waals surface area (Å²) in [6, 6.07) is 67.8. The van der Waals surface area contributed by atoms with Crippen LogP contribution in [0.5, 0.6) is 0 Å². The molecule has 12 rings (SSSR count). The minimum atomic E-state index is 0.550. The van der Waals surface area contributed by atoms with Crippen molar-refractivity contribution in [1.29, 1.82) is 0 Å². The Hall–Kier alpha value is -8.22. The number of nitrogens with zero attached hydrogens (tertiary/aromatic N) is 5. The van der Waals surface area contributed by atoms with Crippen LogP contribution in [-0.4, -0.2) is 24.5 Å². The number of hydrogen-bond acceptors (Lipinski definition) is 5. The van der Waals surface area contributed by atoms with Gasteiger partial charge in [0.25, 0.3) is 0 Å². The molecule has 4 aromatic heterocycles. The Morgan fingerprint density at radius 3 is 1.83 bits per heavy atom. The van der Waals surface area contributed by atoms with Crippen molar-refractivity contribution >= 4 is 54.6 Å². The van der Waals surface area contributed by atoms with Crippen LogP contribution in [0.25, 0.3) is 117 Å². The summed E-state index contributed by atoms with van der Waals surface area (Å²) in [5, 5.41) is 6.66. The van der Waals surface area contributed by atoms with Gasteiger partial charge >= 0.3 is 0 Å². The Morgan fingerprint density at radius 2 is 1.02 bits per heavy atom. The molecule has 0 aliphatic rings. The maximum absolute atomic E-state index is 6.24. The zero-order valence-corrected chi connectivity index (χ0v) is 32.2. The third-order valence-electron chi connectivity index (χ3n) is 11.5. The van der Waals surface area contributed by atoms with Crippen LogP contribution in [0, 0.1) is 0 Å². The lowest BCUT2D eigenvalue weighted by Crippen LogP contribution is -2.01. The number of para-hydroxylation sites is 1. The highest BCUT2D eigenvalue weighted by Gasteiger charge is 2.19. The average molecular weight is 768 g/mol. The molecule has 0 saturated carbocycles. The number of fused-ring (bicyclic) bond motifs is 7. The number of aromatic nitrogens is 5. The summed E-state index contributed by atoms with van der Waals surface area (Å²) in [5.74, 6) is 1.71.